The molecule has 0 radical (unpaired) electrons. The molecular formula is C64H146O8. The van der Waals surface area contributed by atoms with Gasteiger partial charge in [-0.1, -0.05) is 220 Å². The molecule has 8 nitrogen and oxygen atoms in total. The molecule has 0 heterocycles. The van der Waals surface area contributed by atoms with Crippen molar-refractivity contribution in [2.45, 2.75) is 290 Å². The summed E-state index contributed by atoms with van der Waals surface area (Å²) in [6.07, 6.45) is 11.2. The van der Waals surface area contributed by atoms with Gasteiger partial charge in [0, 0.05) is 33.0 Å². The lowest BCUT2D eigenvalue weighted by Gasteiger charge is -2.21. The van der Waals surface area contributed by atoms with E-state index in [-0.39, 0.29) is 18.3 Å². The maximum atomic E-state index is 9.03. The SMILES string of the molecule is CC(C)C(CO)C(C)C.CC(C)C(CO)C(C)C.CC(C)C(CO)C(C)C.CC(C)CCCO.CCC(CO)C(C)C.CCC(O)CC(C)C.CCCC(C)C.CC[C@@H](O)CC(C)C.CC[C@H](O)CC(C)C. The molecule has 0 rings (SSSR count). The van der Waals surface area contributed by atoms with E-state index in [0.29, 0.717) is 116 Å². The first-order chi connectivity index (χ1) is 33.0. The highest BCUT2D eigenvalue weighted by Crippen LogP contribution is 2.21. The molecule has 0 aliphatic carbocycles. The first-order valence-electron chi connectivity index (χ1n) is 30.1. The summed E-state index contributed by atoms with van der Waals surface area (Å²) in [4.78, 5) is 0. The minimum absolute atomic E-state index is 0.0741. The van der Waals surface area contributed by atoms with E-state index in [9.17, 15) is 0 Å². The predicted octanol–water partition coefficient (Wildman–Crippen LogP) is 16.6. The van der Waals surface area contributed by atoms with Gasteiger partial charge in [-0.3, -0.25) is 0 Å². The van der Waals surface area contributed by atoms with Crippen LogP contribution in [0.4, 0.5) is 0 Å². The Balaban J connectivity index is -0.0000000888. The van der Waals surface area contributed by atoms with Gasteiger partial charge in [0.1, 0.15) is 0 Å². The van der Waals surface area contributed by atoms with E-state index in [1.54, 1.807) is 0 Å². The summed E-state index contributed by atoms with van der Waals surface area (Å²) in [7, 11) is 0. The maximum absolute atomic E-state index is 9.03. The van der Waals surface area contributed by atoms with Crippen LogP contribution in [0.3, 0.4) is 0 Å². The second-order valence-corrected chi connectivity index (χ2v) is 25.1. The molecule has 0 saturated carbocycles. The lowest BCUT2D eigenvalue weighted by Crippen LogP contribution is -2.19. The molecule has 8 N–H and O–H groups in total. The highest BCUT2D eigenvalue weighted by molar-refractivity contribution is 4.66. The molecule has 0 spiro atoms. The van der Waals surface area contributed by atoms with Gasteiger partial charge in [-0.15, -0.1) is 0 Å². The lowest BCUT2D eigenvalue weighted by atomic mass is 9.86. The van der Waals surface area contributed by atoms with Gasteiger partial charge < -0.3 is 40.9 Å². The van der Waals surface area contributed by atoms with E-state index in [1.807, 2.05) is 20.8 Å². The smallest absolute Gasteiger partial charge is 0.0540 e. The second-order valence-electron chi connectivity index (χ2n) is 25.1. The van der Waals surface area contributed by atoms with Crippen LogP contribution in [0.2, 0.25) is 0 Å². The average molecular weight is 1040 g/mol. The average Bonchev–Trinajstić information content (AvgIpc) is 3.24. The Morgan fingerprint density at radius 2 is 0.514 bits per heavy atom. The minimum atomic E-state index is -0.0741. The molecule has 0 aliphatic heterocycles. The van der Waals surface area contributed by atoms with Crippen molar-refractivity contribution in [3.8, 4) is 0 Å². The summed E-state index contributed by atoms with van der Waals surface area (Å²) < 4.78 is 0. The summed E-state index contributed by atoms with van der Waals surface area (Å²) in [6, 6.07) is 0. The third kappa shape index (κ3) is 83.7. The molecule has 450 valence electrons. The number of aliphatic hydroxyl groups excluding tert-OH is 8. The molecule has 0 fully saturated rings. The monoisotopic (exact) mass is 1040 g/mol. The highest BCUT2D eigenvalue weighted by atomic mass is 16.3. The fourth-order valence-electron chi connectivity index (χ4n) is 7.59. The van der Waals surface area contributed by atoms with Gasteiger partial charge in [0.25, 0.3) is 0 Å². The summed E-state index contributed by atoms with van der Waals surface area (Å²) in [5.74, 6) is 9.74. The minimum Gasteiger partial charge on any atom is -0.396 e. The number of aliphatic hydroxyl groups is 8. The zero-order chi connectivity index (χ0) is 59.3. The molecular weight excluding hydrogens is 897 g/mol. The molecule has 0 aromatic carbocycles. The van der Waals surface area contributed by atoms with Gasteiger partial charge in [-0.25, -0.2) is 0 Å². The molecule has 0 amide bonds. The Morgan fingerprint density at radius 1 is 0.278 bits per heavy atom. The van der Waals surface area contributed by atoms with Crippen LogP contribution in [0.1, 0.15) is 271 Å². The number of hydrogen-bond acceptors (Lipinski definition) is 8. The third-order valence-corrected chi connectivity index (χ3v) is 12.9. The van der Waals surface area contributed by atoms with Crippen molar-refractivity contribution in [1.82, 2.24) is 0 Å². The van der Waals surface area contributed by atoms with E-state index >= 15 is 0 Å². The quantitative estimate of drug-likeness (QED) is 0.0425. The fourth-order valence-corrected chi connectivity index (χ4v) is 7.59. The van der Waals surface area contributed by atoms with Crippen LogP contribution in [-0.2, 0) is 0 Å². The van der Waals surface area contributed by atoms with Crippen molar-refractivity contribution in [2.24, 2.45) is 94.7 Å². The van der Waals surface area contributed by atoms with Crippen LogP contribution < -0.4 is 0 Å². The molecule has 0 aromatic rings. The van der Waals surface area contributed by atoms with Crippen LogP contribution in [0.15, 0.2) is 0 Å². The van der Waals surface area contributed by atoms with Gasteiger partial charge in [-0.2, -0.15) is 0 Å². The summed E-state index contributed by atoms with van der Waals surface area (Å²) in [6.45, 7) is 63.7. The summed E-state index contributed by atoms with van der Waals surface area (Å²) in [5.41, 5.74) is 0. The van der Waals surface area contributed by atoms with E-state index in [0.717, 1.165) is 69.6 Å². The maximum Gasteiger partial charge on any atom is 0.0540 e. The first-order valence-corrected chi connectivity index (χ1v) is 30.1. The van der Waals surface area contributed by atoms with Gasteiger partial charge >= 0.3 is 0 Å². The van der Waals surface area contributed by atoms with Crippen molar-refractivity contribution < 1.29 is 40.9 Å². The highest BCUT2D eigenvalue weighted by Gasteiger charge is 2.17. The predicted molar refractivity (Wildman–Crippen MR) is 325 cm³/mol. The Kier molecular flexibility index (Phi) is 82.2. The Hall–Kier alpha value is -0.320. The van der Waals surface area contributed by atoms with Crippen LogP contribution >= 0.6 is 0 Å². The molecule has 4 atom stereocenters. The zero-order valence-corrected chi connectivity index (χ0v) is 54.9. The van der Waals surface area contributed by atoms with Crippen LogP contribution in [0.25, 0.3) is 0 Å². The summed E-state index contributed by atoms with van der Waals surface area (Å²) >= 11 is 0. The lowest BCUT2D eigenvalue weighted by molar-refractivity contribution is 0.144. The normalized spacial score (nSPS) is 12.8. The molecule has 72 heavy (non-hydrogen) atoms. The van der Waals surface area contributed by atoms with Gasteiger partial charge in [0.2, 0.25) is 0 Å². The summed E-state index contributed by atoms with van der Waals surface area (Å²) in [5, 5.41) is 70.7. The largest absolute Gasteiger partial charge is 0.396 e. The molecule has 2 unspecified atom stereocenters. The van der Waals surface area contributed by atoms with Crippen molar-refractivity contribution in [3.05, 3.63) is 0 Å². The molecule has 0 saturated heterocycles. The Labute approximate surface area is 456 Å². The zero-order valence-electron chi connectivity index (χ0n) is 54.9. The number of hydrogen-bond donors (Lipinski definition) is 8. The molecule has 0 bridgehead atoms. The van der Waals surface area contributed by atoms with E-state index < -0.39 is 0 Å². The Morgan fingerprint density at radius 3 is 0.542 bits per heavy atom. The number of rotatable bonds is 26. The molecule has 0 aliphatic rings. The van der Waals surface area contributed by atoms with Gasteiger partial charge in [-0.05, 0) is 146 Å². The van der Waals surface area contributed by atoms with Gasteiger partial charge in [0.15, 0.2) is 0 Å². The first kappa shape index (κ1) is 91.1. The van der Waals surface area contributed by atoms with E-state index in [4.69, 9.17) is 40.9 Å². The molecule has 8 heteroatoms. The third-order valence-electron chi connectivity index (χ3n) is 12.9. The topological polar surface area (TPSA) is 162 Å². The fraction of sp³-hybridized carbons (Fsp3) is 1.00. The van der Waals surface area contributed by atoms with Crippen molar-refractivity contribution >= 4 is 0 Å². The standard InChI is InChI=1S/3C8H18O.4C7H16O.C6H14O.C6H14/c3*1-6(2)8(5-9)7(3)4;1-4-7(5-8)6(2)3;3*1-4-7(8)5-6(2)3;1-6(2)4-3-5-7;1-4-5-6(2)3/h3*6-9H,5H2,1-4H3;4*6-8H,4-5H2,1-3H3;6-7H,3-5H2,1-2H3;6H,4-5H2,1-3H3/t;;;;2*7-;;;/m....10.../s1. The Bertz CT molecular complexity index is 802. The van der Waals surface area contributed by atoms with Gasteiger partial charge in [0.05, 0.1) is 18.3 Å². The van der Waals surface area contributed by atoms with E-state index in [2.05, 4.69) is 180 Å². The van der Waals surface area contributed by atoms with Crippen LogP contribution in [0, 0.1) is 94.7 Å². The van der Waals surface area contributed by atoms with Crippen LogP contribution in [0.5, 0.6) is 0 Å². The van der Waals surface area contributed by atoms with Crippen molar-refractivity contribution in [3.63, 3.8) is 0 Å². The van der Waals surface area contributed by atoms with Crippen molar-refractivity contribution in [2.75, 3.05) is 33.0 Å². The van der Waals surface area contributed by atoms with Crippen molar-refractivity contribution in [1.29, 1.82) is 0 Å². The second kappa shape index (κ2) is 65.0. The van der Waals surface area contributed by atoms with Crippen LogP contribution in [-0.4, -0.2) is 92.2 Å². The van der Waals surface area contributed by atoms with E-state index in [1.165, 1.54) is 12.8 Å². The molecule has 0 aromatic heterocycles.